The summed E-state index contributed by atoms with van der Waals surface area (Å²) in [6.07, 6.45) is 5.26. The average Bonchev–Trinajstić information content (AvgIpc) is 2.26. The molecular weight excluding hydrogens is 244 g/mol. The van der Waals surface area contributed by atoms with Crippen LogP contribution in [0.1, 0.15) is 81.6 Å². The van der Waals surface area contributed by atoms with Crippen molar-refractivity contribution in [2.45, 2.75) is 92.7 Å². The summed E-state index contributed by atoms with van der Waals surface area (Å²) in [5.74, 6) is 0. The minimum absolute atomic E-state index is 0.0238. The summed E-state index contributed by atoms with van der Waals surface area (Å²) in [5, 5.41) is 0. The molecule has 2 heteroatoms. The Morgan fingerprint density at radius 3 is 1.85 bits per heavy atom. The van der Waals surface area contributed by atoms with Crippen molar-refractivity contribution in [1.29, 1.82) is 0 Å². The Balaban J connectivity index is 4.76. The smallest absolute Gasteiger partial charge is 0.0598 e. The van der Waals surface area contributed by atoms with Gasteiger partial charge in [-0.15, -0.1) is 0 Å². The van der Waals surface area contributed by atoms with Gasteiger partial charge in [0, 0.05) is 0 Å². The second-order valence-electron chi connectivity index (χ2n) is 8.62. The molecule has 0 spiro atoms. The number of hydrogen-bond acceptors (Lipinski definition) is 2. The molecule has 0 atom stereocenters. The quantitative estimate of drug-likeness (QED) is 0.520. The van der Waals surface area contributed by atoms with E-state index in [2.05, 4.69) is 80.2 Å². The van der Waals surface area contributed by atoms with Crippen molar-refractivity contribution in [3.8, 4) is 0 Å². The first-order chi connectivity index (χ1) is 8.79. The van der Waals surface area contributed by atoms with Gasteiger partial charge in [-0.1, -0.05) is 34.6 Å². The van der Waals surface area contributed by atoms with Crippen molar-refractivity contribution in [2.24, 2.45) is 20.8 Å². The van der Waals surface area contributed by atoms with E-state index in [0.29, 0.717) is 0 Å². The van der Waals surface area contributed by atoms with Crippen LogP contribution in [-0.4, -0.2) is 24.0 Å². The highest BCUT2D eigenvalue weighted by molar-refractivity contribution is 5.59. The Bertz CT molecular complexity index is 346. The van der Waals surface area contributed by atoms with E-state index in [0.717, 1.165) is 19.3 Å². The van der Waals surface area contributed by atoms with Crippen LogP contribution >= 0.6 is 0 Å². The zero-order valence-electron chi connectivity index (χ0n) is 15.3. The molecule has 0 aromatic carbocycles. The first kappa shape index (κ1) is 19.3. The van der Waals surface area contributed by atoms with Crippen LogP contribution in [-0.2, 0) is 0 Å². The van der Waals surface area contributed by atoms with E-state index in [-0.39, 0.29) is 21.9 Å². The predicted octanol–water partition coefficient (Wildman–Crippen LogP) is 5.56. The molecule has 0 aliphatic heterocycles. The van der Waals surface area contributed by atoms with Crippen molar-refractivity contribution in [2.75, 3.05) is 0 Å². The highest BCUT2D eigenvalue weighted by Gasteiger charge is 2.35. The van der Waals surface area contributed by atoms with Crippen LogP contribution in [0, 0.1) is 10.8 Å². The van der Waals surface area contributed by atoms with E-state index in [1.165, 1.54) is 0 Å². The molecule has 0 rings (SSSR count). The van der Waals surface area contributed by atoms with Crippen LogP contribution in [0.2, 0.25) is 0 Å². The number of aliphatic imine (C=N–C) groups is 2. The molecule has 0 amide bonds. The molecule has 118 valence electrons. The van der Waals surface area contributed by atoms with Crippen molar-refractivity contribution in [1.82, 2.24) is 0 Å². The van der Waals surface area contributed by atoms with Crippen molar-refractivity contribution in [3.63, 3.8) is 0 Å². The van der Waals surface area contributed by atoms with Crippen LogP contribution in [0.3, 0.4) is 0 Å². The zero-order chi connectivity index (χ0) is 16.2. The predicted molar refractivity (Wildman–Crippen MR) is 93.3 cm³/mol. The first-order valence-corrected chi connectivity index (χ1v) is 7.80. The third kappa shape index (κ3) is 5.76. The van der Waals surface area contributed by atoms with Gasteiger partial charge in [0.2, 0.25) is 0 Å². The topological polar surface area (TPSA) is 24.7 Å². The normalized spacial score (nSPS) is 14.8. The highest BCUT2D eigenvalue weighted by Crippen LogP contribution is 2.37. The molecule has 0 radical (unpaired) electrons. The van der Waals surface area contributed by atoms with Crippen LogP contribution in [0.15, 0.2) is 9.98 Å². The lowest BCUT2D eigenvalue weighted by Crippen LogP contribution is -2.37. The van der Waals surface area contributed by atoms with Gasteiger partial charge in [-0.05, 0) is 70.7 Å². The van der Waals surface area contributed by atoms with Crippen LogP contribution in [0.4, 0.5) is 0 Å². The summed E-state index contributed by atoms with van der Waals surface area (Å²) >= 11 is 0. The Labute approximate surface area is 127 Å². The molecule has 0 aliphatic rings. The van der Waals surface area contributed by atoms with E-state index in [1.807, 2.05) is 0 Å². The van der Waals surface area contributed by atoms with E-state index < -0.39 is 0 Å². The number of rotatable bonds is 8. The van der Waals surface area contributed by atoms with Gasteiger partial charge in [-0.3, -0.25) is 9.98 Å². The zero-order valence-corrected chi connectivity index (χ0v) is 15.3. The van der Waals surface area contributed by atoms with Crippen LogP contribution in [0.5, 0.6) is 0 Å². The minimum Gasteiger partial charge on any atom is -0.295 e. The van der Waals surface area contributed by atoms with Crippen molar-refractivity contribution >= 4 is 12.9 Å². The summed E-state index contributed by atoms with van der Waals surface area (Å²) in [4.78, 5) is 9.09. The largest absolute Gasteiger partial charge is 0.295 e. The summed E-state index contributed by atoms with van der Waals surface area (Å²) < 4.78 is 0. The number of nitrogens with zero attached hydrogens (tertiary/aromatic N) is 2. The van der Waals surface area contributed by atoms with Gasteiger partial charge in [0.05, 0.1) is 11.1 Å². The van der Waals surface area contributed by atoms with Gasteiger partial charge in [0.15, 0.2) is 0 Å². The SMILES string of the molecule is C=NC(C)(C)CC(C)(C)CC=NC(C)(C)C(C)(C)CC. The monoisotopic (exact) mass is 280 g/mol. The molecule has 0 aromatic heterocycles. The molecule has 0 unspecified atom stereocenters. The second-order valence-corrected chi connectivity index (χ2v) is 8.62. The highest BCUT2D eigenvalue weighted by atomic mass is 14.9. The molecule has 2 nitrogen and oxygen atoms in total. The molecule has 0 heterocycles. The Morgan fingerprint density at radius 2 is 1.45 bits per heavy atom. The third-order valence-electron chi connectivity index (χ3n) is 4.94. The Kier molecular flexibility index (Phi) is 6.19. The van der Waals surface area contributed by atoms with Crippen LogP contribution in [0.25, 0.3) is 0 Å². The van der Waals surface area contributed by atoms with Gasteiger partial charge in [-0.2, -0.15) is 0 Å². The Morgan fingerprint density at radius 1 is 0.950 bits per heavy atom. The van der Waals surface area contributed by atoms with Gasteiger partial charge >= 0.3 is 0 Å². The maximum Gasteiger partial charge on any atom is 0.0598 e. The average molecular weight is 280 g/mol. The molecule has 0 bridgehead atoms. The third-order valence-corrected chi connectivity index (χ3v) is 4.94. The van der Waals surface area contributed by atoms with E-state index in [1.54, 1.807) is 0 Å². The van der Waals surface area contributed by atoms with E-state index >= 15 is 0 Å². The van der Waals surface area contributed by atoms with Crippen LogP contribution < -0.4 is 0 Å². The molecule has 0 aliphatic carbocycles. The lowest BCUT2D eigenvalue weighted by molar-refractivity contribution is 0.196. The molecule has 20 heavy (non-hydrogen) atoms. The summed E-state index contributed by atoms with van der Waals surface area (Å²) in [5.41, 5.74) is 0.329. The standard InChI is InChI=1S/C18H36N2/c1-11-16(4,5)18(8,9)20-13-12-15(2,3)14-17(6,7)19-10/h13H,10-12,14H2,1-9H3. The summed E-state index contributed by atoms with van der Waals surface area (Å²) in [7, 11) is 0. The molecular formula is C18H36N2. The van der Waals surface area contributed by atoms with Gasteiger partial charge < -0.3 is 0 Å². The minimum atomic E-state index is -0.0600. The molecule has 0 fully saturated rings. The molecule has 0 saturated heterocycles. The molecule has 0 N–H and O–H groups in total. The second kappa shape index (κ2) is 6.41. The summed E-state index contributed by atoms with van der Waals surface area (Å²) in [6, 6.07) is 0. The fourth-order valence-electron chi connectivity index (χ4n) is 2.43. The lowest BCUT2D eigenvalue weighted by atomic mass is 9.73. The fourth-order valence-corrected chi connectivity index (χ4v) is 2.43. The summed E-state index contributed by atoms with van der Waals surface area (Å²) in [6.45, 7) is 23.8. The van der Waals surface area contributed by atoms with Crippen molar-refractivity contribution in [3.05, 3.63) is 0 Å². The lowest BCUT2D eigenvalue weighted by Gasteiger charge is -2.38. The fraction of sp³-hybridized carbons (Fsp3) is 0.889. The van der Waals surface area contributed by atoms with Crippen molar-refractivity contribution < 1.29 is 0 Å². The maximum absolute atomic E-state index is 4.87. The van der Waals surface area contributed by atoms with E-state index in [4.69, 9.17) is 4.99 Å². The number of hydrogen-bond donors (Lipinski definition) is 0. The van der Waals surface area contributed by atoms with E-state index in [9.17, 15) is 0 Å². The Hall–Kier alpha value is -0.660. The molecule has 0 aromatic rings. The van der Waals surface area contributed by atoms with Gasteiger partial charge in [0.1, 0.15) is 0 Å². The van der Waals surface area contributed by atoms with Gasteiger partial charge in [-0.25, -0.2) is 0 Å². The maximum atomic E-state index is 4.87. The molecule has 0 saturated carbocycles. The van der Waals surface area contributed by atoms with Gasteiger partial charge in [0.25, 0.3) is 0 Å². The first-order valence-electron chi connectivity index (χ1n) is 7.80.